The Morgan fingerprint density at radius 3 is 1.63 bits per heavy atom. The third kappa shape index (κ3) is 11.1. The molecule has 2 atom stereocenters. The number of ether oxygens (including phenoxy) is 3. The maximum atomic E-state index is 12.0. The summed E-state index contributed by atoms with van der Waals surface area (Å²) in [5.41, 5.74) is 1.92. The second-order valence-corrected chi connectivity index (χ2v) is 14.6. The number of fused-ring (bicyclic) bond motifs is 2. The highest BCUT2D eigenvalue weighted by Crippen LogP contribution is 2.48. The van der Waals surface area contributed by atoms with Crippen molar-refractivity contribution in [3.8, 4) is 0 Å². The molecule has 2 aliphatic heterocycles. The second kappa shape index (κ2) is 20.4. The lowest BCUT2D eigenvalue weighted by molar-refractivity contribution is -0.336. The fourth-order valence-electron chi connectivity index (χ4n) is 5.08. The Bertz CT molecular complexity index is 1580. The van der Waals surface area contributed by atoms with Gasteiger partial charge in [-0.1, -0.05) is 61.3 Å². The standard InChI is InChI=1S/C38H46N4O8S2/c1-9-35(43)46-24-38(4,25-49-47-22-29(39-5)36-41(20-18-27(2)44-7)31-14-10-12-16-33(31)51-36)26-50-48-23-30(40-6)37-42(21-19-28(3)45-8)32-15-11-13-17-34(32)52-37/h9-17,27-28H,1,18-26H2,2-4,7-8H3. The van der Waals surface area contributed by atoms with Crippen LogP contribution >= 0.6 is 23.5 Å². The van der Waals surface area contributed by atoms with Crippen LogP contribution in [0.3, 0.4) is 0 Å². The number of hydrogen-bond donors (Lipinski definition) is 0. The largest absolute Gasteiger partial charge is 0.462 e. The van der Waals surface area contributed by atoms with Crippen molar-refractivity contribution >= 4 is 40.9 Å². The van der Waals surface area contributed by atoms with Crippen molar-refractivity contribution in [3.63, 3.8) is 0 Å². The van der Waals surface area contributed by atoms with Crippen LogP contribution in [0.4, 0.5) is 11.4 Å². The number of carbonyl (C=O) groups excluding carboxylic acids is 1. The van der Waals surface area contributed by atoms with Crippen molar-refractivity contribution in [2.75, 3.05) is 70.1 Å². The number of esters is 1. The van der Waals surface area contributed by atoms with E-state index >= 15 is 0 Å². The molecule has 52 heavy (non-hydrogen) atoms. The van der Waals surface area contributed by atoms with Crippen LogP contribution in [0.25, 0.3) is 9.69 Å². The number of anilines is 2. The monoisotopic (exact) mass is 750 g/mol. The molecule has 0 amide bonds. The van der Waals surface area contributed by atoms with Crippen molar-refractivity contribution in [2.24, 2.45) is 5.41 Å². The number of benzene rings is 2. The van der Waals surface area contributed by atoms with E-state index in [1.807, 2.05) is 62.4 Å². The van der Waals surface area contributed by atoms with E-state index in [9.17, 15) is 4.79 Å². The first-order valence-corrected chi connectivity index (χ1v) is 18.4. The van der Waals surface area contributed by atoms with Crippen molar-refractivity contribution in [2.45, 2.75) is 55.6 Å². The van der Waals surface area contributed by atoms with Gasteiger partial charge in [-0.25, -0.2) is 34.0 Å². The van der Waals surface area contributed by atoms with Gasteiger partial charge in [-0.05, 0) is 51.0 Å². The summed E-state index contributed by atoms with van der Waals surface area (Å²) in [6.07, 6.45) is 2.73. The number of hydrogen-bond acceptors (Lipinski definition) is 12. The zero-order chi connectivity index (χ0) is 37.5. The average molecular weight is 751 g/mol. The minimum absolute atomic E-state index is 0.0575. The number of carbonyl (C=O) groups is 1. The van der Waals surface area contributed by atoms with Gasteiger partial charge in [0, 0.05) is 43.2 Å². The van der Waals surface area contributed by atoms with E-state index in [1.165, 1.54) is 23.5 Å². The second-order valence-electron chi connectivity index (χ2n) is 12.5. The Balaban J connectivity index is 1.38. The quantitative estimate of drug-likeness (QED) is 0.0310. The molecule has 14 heteroatoms. The zero-order valence-electron chi connectivity index (χ0n) is 30.3. The Hall–Kier alpha value is -3.83. The highest BCUT2D eigenvalue weighted by atomic mass is 32.2. The summed E-state index contributed by atoms with van der Waals surface area (Å²) < 4.78 is 16.2. The zero-order valence-corrected chi connectivity index (χ0v) is 31.9. The Morgan fingerprint density at radius 2 is 1.23 bits per heavy atom. The lowest BCUT2D eigenvalue weighted by atomic mass is 9.94. The van der Waals surface area contributed by atoms with E-state index in [0.29, 0.717) is 24.5 Å². The lowest BCUT2D eigenvalue weighted by Crippen LogP contribution is -2.35. The molecule has 2 aromatic rings. The Labute approximate surface area is 315 Å². The molecule has 0 N–H and O–H groups in total. The topological polar surface area (TPSA) is 96.9 Å². The highest BCUT2D eigenvalue weighted by molar-refractivity contribution is 8.04. The van der Waals surface area contributed by atoms with Gasteiger partial charge < -0.3 is 24.0 Å². The molecular formula is C38H46N4O8S2. The number of rotatable bonds is 21. The number of thioether (sulfide) groups is 2. The number of methoxy groups -OCH3 is 2. The summed E-state index contributed by atoms with van der Waals surface area (Å²) in [4.78, 5) is 48.3. The van der Waals surface area contributed by atoms with Gasteiger partial charge in [-0.15, -0.1) is 0 Å². The predicted octanol–water partition coefficient (Wildman–Crippen LogP) is 7.87. The van der Waals surface area contributed by atoms with Crippen LogP contribution < -0.4 is 9.80 Å². The van der Waals surface area contributed by atoms with E-state index in [1.54, 1.807) is 21.1 Å². The highest BCUT2D eigenvalue weighted by Gasteiger charge is 2.32. The van der Waals surface area contributed by atoms with Crippen LogP contribution in [-0.2, 0) is 38.6 Å². The van der Waals surface area contributed by atoms with E-state index in [4.69, 9.17) is 46.9 Å². The number of nitrogens with zero attached hydrogens (tertiary/aromatic N) is 4. The molecule has 4 rings (SSSR count). The normalized spacial score (nSPS) is 17.7. The van der Waals surface area contributed by atoms with Gasteiger partial charge in [0.25, 0.3) is 0 Å². The smallest absolute Gasteiger partial charge is 0.330 e. The molecule has 0 radical (unpaired) electrons. The fraction of sp³-hybridized carbons (Fsp3) is 0.447. The van der Waals surface area contributed by atoms with Crippen LogP contribution in [0.1, 0.15) is 33.6 Å². The van der Waals surface area contributed by atoms with Crippen LogP contribution in [0, 0.1) is 18.6 Å². The molecule has 278 valence electrons. The molecule has 2 aromatic carbocycles. The molecule has 0 bridgehead atoms. The first-order chi connectivity index (χ1) is 25.2. The molecule has 2 aliphatic rings. The van der Waals surface area contributed by atoms with E-state index in [0.717, 1.165) is 50.1 Å². The van der Waals surface area contributed by atoms with Crippen molar-refractivity contribution < 1.29 is 38.6 Å². The summed E-state index contributed by atoms with van der Waals surface area (Å²) in [6.45, 7) is 26.0. The lowest BCUT2D eigenvalue weighted by Gasteiger charge is -2.27. The van der Waals surface area contributed by atoms with Gasteiger partial charge in [0.1, 0.15) is 19.8 Å². The van der Waals surface area contributed by atoms with Crippen LogP contribution in [0.2, 0.25) is 0 Å². The SMILES string of the molecule is [C-]#[N+]C(COOCC(C)(COOCC([N+]#[C-])=C1Sc2ccccc2N1CCC(C)OC)COC(=O)C=C)=C1Sc2ccccc2N1CCC(C)OC. The summed E-state index contributed by atoms with van der Waals surface area (Å²) in [5, 5.41) is 1.56. The van der Waals surface area contributed by atoms with Crippen molar-refractivity contribution in [1.29, 1.82) is 0 Å². The molecule has 0 saturated heterocycles. The van der Waals surface area contributed by atoms with E-state index in [-0.39, 0.29) is 45.2 Å². The summed E-state index contributed by atoms with van der Waals surface area (Å²) in [7, 11) is 3.37. The summed E-state index contributed by atoms with van der Waals surface area (Å²) in [5.74, 6) is -0.602. The maximum Gasteiger partial charge on any atom is 0.330 e. The van der Waals surface area contributed by atoms with Gasteiger partial charge in [0.2, 0.25) is 11.4 Å². The first kappa shape index (κ1) is 40.9. The van der Waals surface area contributed by atoms with Crippen molar-refractivity contribution in [3.05, 3.63) is 105 Å². The van der Waals surface area contributed by atoms with E-state index in [2.05, 4.69) is 26.1 Å². The minimum atomic E-state index is -0.920. The predicted molar refractivity (Wildman–Crippen MR) is 202 cm³/mol. The Morgan fingerprint density at radius 1 is 0.788 bits per heavy atom. The third-order valence-corrected chi connectivity index (χ3v) is 10.8. The van der Waals surface area contributed by atoms with Crippen LogP contribution in [0.5, 0.6) is 0 Å². The summed E-state index contributed by atoms with van der Waals surface area (Å²) >= 11 is 3.04. The van der Waals surface area contributed by atoms with Gasteiger partial charge in [0.15, 0.2) is 0 Å². The maximum absolute atomic E-state index is 12.0. The van der Waals surface area contributed by atoms with Gasteiger partial charge in [-0.2, -0.15) is 0 Å². The van der Waals surface area contributed by atoms with Crippen LogP contribution in [0.15, 0.2) is 92.4 Å². The molecule has 0 fully saturated rings. The molecule has 0 aromatic heterocycles. The molecular weight excluding hydrogens is 705 g/mol. The summed E-state index contributed by atoms with van der Waals surface area (Å²) in [6, 6.07) is 16.0. The van der Waals surface area contributed by atoms with Gasteiger partial charge in [0.05, 0.1) is 65.4 Å². The van der Waals surface area contributed by atoms with E-state index < -0.39 is 11.4 Å². The first-order valence-electron chi connectivity index (χ1n) is 16.8. The molecule has 12 nitrogen and oxygen atoms in total. The molecule has 0 spiro atoms. The third-order valence-electron chi connectivity index (χ3n) is 8.40. The number of para-hydroxylation sites is 2. The van der Waals surface area contributed by atoms with Gasteiger partial charge >= 0.3 is 5.97 Å². The minimum Gasteiger partial charge on any atom is -0.462 e. The molecule has 0 saturated carbocycles. The van der Waals surface area contributed by atoms with Gasteiger partial charge in [-0.3, -0.25) is 0 Å². The molecule has 0 aliphatic carbocycles. The average Bonchev–Trinajstić information content (AvgIpc) is 3.73. The molecule has 2 unspecified atom stereocenters. The fourth-order valence-corrected chi connectivity index (χ4v) is 7.40. The molecule has 2 heterocycles. The van der Waals surface area contributed by atoms with Crippen LogP contribution in [-0.4, -0.2) is 78.5 Å². The Kier molecular flexibility index (Phi) is 16.1. The van der Waals surface area contributed by atoms with Crippen molar-refractivity contribution in [1.82, 2.24) is 0 Å².